The second-order valence-electron chi connectivity index (χ2n) is 2.27. The molecule has 0 aliphatic carbocycles. The minimum absolute atomic E-state index is 0.553. The maximum atomic E-state index is 8.70. The van der Waals surface area contributed by atoms with E-state index >= 15 is 0 Å². The van der Waals surface area contributed by atoms with E-state index in [4.69, 9.17) is 51.9 Å². The standard InChI is InChI=1S/C7H6Cl2.2HO3P/c8-5-6-1-3-7(9)4-2-6;2*1-4(2)3/h1-4H,5H2;2*(H-,1,2,3)/p+2. The smallest absolute Gasteiger partial charge is 0.134 e. The monoisotopic (exact) mass is 322 g/mol. The van der Waals surface area contributed by atoms with Crippen LogP contribution < -0.4 is 0 Å². The van der Waals surface area contributed by atoms with E-state index in [1.165, 1.54) is 0 Å². The zero-order valence-electron chi connectivity index (χ0n) is 8.27. The van der Waals surface area contributed by atoms with Gasteiger partial charge in [-0.25, -0.2) is 0 Å². The number of alkyl halides is 1. The second kappa shape index (κ2) is 12.3. The van der Waals surface area contributed by atoms with Gasteiger partial charge in [-0.15, -0.1) is 31.2 Å². The van der Waals surface area contributed by atoms with Crippen LogP contribution in [0.5, 0.6) is 0 Å². The molecule has 10 heteroatoms. The van der Waals surface area contributed by atoms with Gasteiger partial charge in [-0.2, -0.15) is 0 Å². The van der Waals surface area contributed by atoms with Crippen molar-refractivity contribution in [2.45, 2.75) is 5.88 Å². The van der Waals surface area contributed by atoms with Gasteiger partial charge < -0.3 is 0 Å². The quantitative estimate of drug-likeness (QED) is 0.466. The fraction of sp³-hybridized carbons (Fsp3) is 0.143. The minimum atomic E-state index is -2.87. The fourth-order valence-corrected chi connectivity index (χ4v) is 0.878. The molecule has 0 aliphatic rings. The van der Waals surface area contributed by atoms with Crippen molar-refractivity contribution >= 4 is 39.7 Å². The summed E-state index contributed by atoms with van der Waals surface area (Å²) in [6.45, 7) is 0. The first kappa shape index (κ1) is 19.2. The zero-order valence-corrected chi connectivity index (χ0v) is 11.6. The van der Waals surface area contributed by atoms with E-state index in [-0.39, 0.29) is 0 Å². The van der Waals surface area contributed by atoms with Crippen LogP contribution in [0, 0.1) is 0 Å². The van der Waals surface area contributed by atoms with Crippen molar-refractivity contribution in [2.75, 3.05) is 0 Å². The number of hydrogen-bond donors (Lipinski definition) is 4. The van der Waals surface area contributed by atoms with E-state index in [1.807, 2.05) is 24.3 Å². The van der Waals surface area contributed by atoms with Crippen molar-refractivity contribution in [2.24, 2.45) is 0 Å². The van der Waals surface area contributed by atoms with Crippen molar-refractivity contribution in [3.8, 4) is 0 Å². The van der Waals surface area contributed by atoms with Crippen LogP contribution >= 0.6 is 39.7 Å². The van der Waals surface area contributed by atoms with Crippen LogP contribution in [0.2, 0.25) is 5.02 Å². The number of benzene rings is 1. The third kappa shape index (κ3) is 21.6. The van der Waals surface area contributed by atoms with Crippen molar-refractivity contribution in [1.29, 1.82) is 0 Å². The Labute approximate surface area is 109 Å². The van der Waals surface area contributed by atoms with Gasteiger partial charge in [-0.3, -0.25) is 0 Å². The number of rotatable bonds is 1. The maximum absolute atomic E-state index is 8.70. The molecule has 1 aromatic rings. The van der Waals surface area contributed by atoms with Crippen LogP contribution in [0.15, 0.2) is 24.3 Å². The van der Waals surface area contributed by atoms with Crippen LogP contribution in [0.3, 0.4) is 0 Å². The fourth-order valence-electron chi connectivity index (χ4n) is 0.573. The Morgan fingerprint density at radius 2 is 1.24 bits per heavy atom. The van der Waals surface area contributed by atoms with Gasteiger partial charge in [0.15, 0.2) is 0 Å². The first-order chi connectivity index (χ1) is 7.79. The van der Waals surface area contributed by atoms with Gasteiger partial charge in [0.1, 0.15) is 0 Å². The van der Waals surface area contributed by atoms with Gasteiger partial charge in [0.25, 0.3) is 0 Å². The molecule has 0 radical (unpaired) electrons. The van der Waals surface area contributed by atoms with Gasteiger partial charge >= 0.3 is 16.5 Å². The summed E-state index contributed by atoms with van der Waals surface area (Å²) in [5, 5.41) is 0.754. The second-order valence-corrected chi connectivity index (χ2v) is 3.98. The van der Waals surface area contributed by atoms with E-state index in [1.54, 1.807) is 0 Å². The summed E-state index contributed by atoms with van der Waals surface area (Å²) >= 11 is 11.2. The van der Waals surface area contributed by atoms with E-state index in [0.717, 1.165) is 10.6 Å². The summed E-state index contributed by atoms with van der Waals surface area (Å²) in [5.74, 6) is 0.553. The summed E-state index contributed by atoms with van der Waals surface area (Å²) in [6.07, 6.45) is 0. The summed E-state index contributed by atoms with van der Waals surface area (Å²) in [4.78, 5) is 28.5. The van der Waals surface area contributed by atoms with Gasteiger partial charge in [0.05, 0.1) is 0 Å². The number of halogens is 2. The largest absolute Gasteiger partial charge is 0.692 e. The summed E-state index contributed by atoms with van der Waals surface area (Å²) in [6, 6.07) is 7.49. The first-order valence-corrected chi connectivity index (χ1v) is 7.04. The minimum Gasteiger partial charge on any atom is -0.134 e. The molecule has 6 nitrogen and oxygen atoms in total. The lowest BCUT2D eigenvalue weighted by molar-refractivity contribution is 0.403. The van der Waals surface area contributed by atoms with E-state index < -0.39 is 16.5 Å². The Morgan fingerprint density at radius 1 is 0.941 bits per heavy atom. The molecule has 0 aromatic heterocycles. The lowest BCUT2D eigenvalue weighted by atomic mass is 10.2. The SMILES string of the molecule is ClCc1ccc(Cl)cc1.O=[P+](O)O.O=[P+](O)O. The number of hydrogen-bond acceptors (Lipinski definition) is 2. The third-order valence-corrected chi connectivity index (χ3v) is 1.63. The zero-order chi connectivity index (χ0) is 13.8. The molecule has 0 bridgehead atoms. The highest BCUT2D eigenvalue weighted by Crippen LogP contribution is 2.10. The summed E-state index contributed by atoms with van der Waals surface area (Å²) in [7, 11) is -5.74. The highest BCUT2D eigenvalue weighted by atomic mass is 35.5. The normalized spacial score (nSPS) is 8.12. The lowest BCUT2D eigenvalue weighted by Crippen LogP contribution is -1.73. The van der Waals surface area contributed by atoms with E-state index in [0.29, 0.717) is 5.88 Å². The Kier molecular flexibility index (Phi) is 13.9. The molecule has 4 N–H and O–H groups in total. The molecular weight excluding hydrogens is 313 g/mol. The van der Waals surface area contributed by atoms with Crippen LogP contribution in [0.1, 0.15) is 5.56 Å². The molecule has 0 amide bonds. The Bertz CT molecular complexity index is 325. The Balaban J connectivity index is 0. The van der Waals surface area contributed by atoms with Gasteiger partial charge in [-0.1, -0.05) is 23.7 Å². The van der Waals surface area contributed by atoms with Gasteiger partial charge in [0, 0.05) is 20.0 Å². The molecule has 1 rings (SSSR count). The maximum Gasteiger partial charge on any atom is 0.692 e. The molecule has 0 atom stereocenters. The van der Waals surface area contributed by atoms with Crippen molar-refractivity contribution in [3.05, 3.63) is 34.9 Å². The lowest BCUT2D eigenvalue weighted by Gasteiger charge is -1.91. The summed E-state index contributed by atoms with van der Waals surface area (Å²) in [5.41, 5.74) is 1.10. The molecule has 17 heavy (non-hydrogen) atoms. The molecule has 0 heterocycles. The van der Waals surface area contributed by atoms with Crippen LogP contribution in [-0.4, -0.2) is 19.6 Å². The molecule has 0 spiro atoms. The Hall–Kier alpha value is -0.160. The average molecular weight is 323 g/mol. The van der Waals surface area contributed by atoms with Gasteiger partial charge in [-0.05, 0) is 17.7 Å². The molecule has 1 aromatic carbocycles. The van der Waals surface area contributed by atoms with E-state index in [2.05, 4.69) is 0 Å². The predicted octanol–water partition coefficient (Wildman–Crippen LogP) is 2.34. The highest BCUT2D eigenvalue weighted by molar-refractivity contribution is 7.31. The molecule has 0 saturated carbocycles. The summed E-state index contributed by atoms with van der Waals surface area (Å²) < 4.78 is 17.4. The van der Waals surface area contributed by atoms with Crippen molar-refractivity contribution < 1.29 is 28.7 Å². The third-order valence-electron chi connectivity index (χ3n) is 1.07. The topological polar surface area (TPSA) is 115 Å². The molecule has 96 valence electrons. The van der Waals surface area contributed by atoms with Crippen LogP contribution in [0.4, 0.5) is 0 Å². The average Bonchev–Trinajstić information content (AvgIpc) is 2.17. The van der Waals surface area contributed by atoms with Crippen LogP contribution in [-0.2, 0) is 15.0 Å². The Morgan fingerprint density at radius 3 is 1.47 bits per heavy atom. The first-order valence-electron chi connectivity index (χ1n) is 3.80. The molecule has 0 fully saturated rings. The van der Waals surface area contributed by atoms with Crippen molar-refractivity contribution in [3.63, 3.8) is 0 Å². The van der Waals surface area contributed by atoms with E-state index in [9.17, 15) is 0 Å². The molecule has 0 unspecified atom stereocenters. The highest BCUT2D eigenvalue weighted by Gasteiger charge is 1.93. The van der Waals surface area contributed by atoms with Crippen LogP contribution in [0.25, 0.3) is 0 Å². The molecular formula is C7H10Cl2O6P2+2. The molecule has 0 aliphatic heterocycles. The predicted molar refractivity (Wildman–Crippen MR) is 65.1 cm³/mol. The van der Waals surface area contributed by atoms with Crippen molar-refractivity contribution in [1.82, 2.24) is 0 Å². The van der Waals surface area contributed by atoms with Gasteiger partial charge in [0.2, 0.25) is 0 Å². The molecule has 0 saturated heterocycles.